The summed E-state index contributed by atoms with van der Waals surface area (Å²) in [5.74, 6) is 0.917. The monoisotopic (exact) mass is 221 g/mol. The number of ether oxygens (including phenoxy) is 2. The topological polar surface area (TPSA) is 47.6 Å². The van der Waals surface area contributed by atoms with Crippen LogP contribution in [0.3, 0.4) is 0 Å². The minimum absolute atomic E-state index is 0.375. The molecule has 1 N–H and O–H groups in total. The molecule has 0 fully saturated rings. The predicted octanol–water partition coefficient (Wildman–Crippen LogP) is 2.58. The van der Waals surface area contributed by atoms with Gasteiger partial charge in [0.15, 0.2) is 0 Å². The number of aryl methyl sites for hydroxylation is 1. The third-order valence-electron chi connectivity index (χ3n) is 2.43. The maximum absolute atomic E-state index is 11.2. The zero-order valence-electron chi connectivity index (χ0n) is 9.29. The lowest BCUT2D eigenvalue weighted by molar-refractivity contribution is 0.168. The van der Waals surface area contributed by atoms with E-state index in [1.54, 1.807) is 6.92 Å². The molecule has 0 unspecified atom stereocenters. The second kappa shape index (κ2) is 4.88. The molecule has 1 heterocycles. The molecule has 0 saturated carbocycles. The average molecular weight is 221 g/mol. The first kappa shape index (κ1) is 10.8. The van der Waals surface area contributed by atoms with Crippen molar-refractivity contribution >= 4 is 11.8 Å². The van der Waals surface area contributed by atoms with E-state index in [2.05, 4.69) is 5.32 Å². The maximum Gasteiger partial charge on any atom is 0.411 e. The van der Waals surface area contributed by atoms with Gasteiger partial charge in [0.25, 0.3) is 0 Å². The van der Waals surface area contributed by atoms with Crippen molar-refractivity contribution in [1.82, 2.24) is 0 Å². The van der Waals surface area contributed by atoms with Gasteiger partial charge in [-0.2, -0.15) is 0 Å². The molecular weight excluding hydrogens is 206 g/mol. The Labute approximate surface area is 94.6 Å². The van der Waals surface area contributed by atoms with Gasteiger partial charge in [-0.1, -0.05) is 0 Å². The van der Waals surface area contributed by atoms with E-state index in [4.69, 9.17) is 9.47 Å². The number of fused-ring (bicyclic) bond motifs is 1. The van der Waals surface area contributed by atoms with Crippen molar-refractivity contribution in [3.8, 4) is 5.75 Å². The standard InChI is InChI=1S/C12H15NO3/c1-2-15-12(14)13-10-5-6-11-9(8-10)4-3-7-16-11/h5-6,8H,2-4,7H2,1H3,(H,13,14). The van der Waals surface area contributed by atoms with Gasteiger partial charge < -0.3 is 9.47 Å². The Kier molecular flexibility index (Phi) is 3.29. The van der Waals surface area contributed by atoms with Gasteiger partial charge in [-0.25, -0.2) is 4.79 Å². The molecule has 16 heavy (non-hydrogen) atoms. The van der Waals surface area contributed by atoms with Crippen molar-refractivity contribution in [3.05, 3.63) is 23.8 Å². The van der Waals surface area contributed by atoms with E-state index in [0.717, 1.165) is 36.4 Å². The highest BCUT2D eigenvalue weighted by molar-refractivity contribution is 5.84. The highest BCUT2D eigenvalue weighted by Crippen LogP contribution is 2.27. The van der Waals surface area contributed by atoms with Crippen molar-refractivity contribution in [2.24, 2.45) is 0 Å². The SMILES string of the molecule is CCOC(=O)Nc1ccc2c(c1)CCCO2. The molecule has 0 atom stereocenters. The molecule has 0 spiro atoms. The van der Waals surface area contributed by atoms with Crippen LogP contribution in [0.2, 0.25) is 0 Å². The Hall–Kier alpha value is -1.71. The molecule has 1 aliphatic rings. The van der Waals surface area contributed by atoms with E-state index in [1.807, 2.05) is 18.2 Å². The summed E-state index contributed by atoms with van der Waals surface area (Å²) in [5, 5.41) is 2.68. The maximum atomic E-state index is 11.2. The zero-order valence-corrected chi connectivity index (χ0v) is 9.29. The van der Waals surface area contributed by atoms with Gasteiger partial charge in [-0.3, -0.25) is 5.32 Å². The van der Waals surface area contributed by atoms with Gasteiger partial charge >= 0.3 is 6.09 Å². The van der Waals surface area contributed by atoms with Crippen LogP contribution >= 0.6 is 0 Å². The summed E-state index contributed by atoms with van der Waals surface area (Å²) in [6, 6.07) is 5.64. The smallest absolute Gasteiger partial charge is 0.411 e. The molecule has 1 aromatic rings. The quantitative estimate of drug-likeness (QED) is 0.835. The second-order valence-corrected chi connectivity index (χ2v) is 3.62. The number of hydrogen-bond acceptors (Lipinski definition) is 3. The summed E-state index contributed by atoms with van der Waals surface area (Å²) in [6.45, 7) is 2.93. The van der Waals surface area contributed by atoms with Crippen molar-refractivity contribution in [2.45, 2.75) is 19.8 Å². The fourth-order valence-corrected chi connectivity index (χ4v) is 1.72. The lowest BCUT2D eigenvalue weighted by atomic mass is 10.1. The molecule has 0 saturated heterocycles. The minimum atomic E-state index is -0.417. The summed E-state index contributed by atoms with van der Waals surface area (Å²) in [6.07, 6.45) is 1.60. The van der Waals surface area contributed by atoms with Gasteiger partial charge in [-0.05, 0) is 43.5 Å². The molecule has 0 aliphatic carbocycles. The van der Waals surface area contributed by atoms with E-state index in [9.17, 15) is 4.79 Å². The number of nitrogens with one attached hydrogen (secondary N) is 1. The summed E-state index contributed by atoms with van der Waals surface area (Å²) in [4.78, 5) is 11.2. The second-order valence-electron chi connectivity index (χ2n) is 3.62. The molecule has 0 radical (unpaired) electrons. The molecule has 2 rings (SSSR count). The third-order valence-corrected chi connectivity index (χ3v) is 2.43. The normalized spacial score (nSPS) is 13.6. The van der Waals surface area contributed by atoms with Crippen LogP contribution in [0.1, 0.15) is 18.9 Å². The van der Waals surface area contributed by atoms with Crippen LogP contribution < -0.4 is 10.1 Å². The van der Waals surface area contributed by atoms with Crippen LogP contribution in [0.4, 0.5) is 10.5 Å². The van der Waals surface area contributed by atoms with Gasteiger partial charge in [0, 0.05) is 5.69 Å². The Morgan fingerprint density at radius 1 is 1.56 bits per heavy atom. The highest BCUT2D eigenvalue weighted by atomic mass is 16.5. The number of hydrogen-bond donors (Lipinski definition) is 1. The van der Waals surface area contributed by atoms with E-state index in [0.29, 0.717) is 6.61 Å². The molecule has 1 amide bonds. The molecule has 0 aromatic heterocycles. The molecule has 4 nitrogen and oxygen atoms in total. The van der Waals surface area contributed by atoms with Crippen LogP contribution in [0.25, 0.3) is 0 Å². The summed E-state index contributed by atoms with van der Waals surface area (Å²) < 4.78 is 10.3. The van der Waals surface area contributed by atoms with Crippen molar-refractivity contribution in [2.75, 3.05) is 18.5 Å². The van der Waals surface area contributed by atoms with Crippen molar-refractivity contribution < 1.29 is 14.3 Å². The number of benzene rings is 1. The van der Waals surface area contributed by atoms with E-state index < -0.39 is 6.09 Å². The van der Waals surface area contributed by atoms with Gasteiger partial charge in [-0.15, -0.1) is 0 Å². The van der Waals surface area contributed by atoms with Gasteiger partial charge in [0.2, 0.25) is 0 Å². The first-order valence-electron chi connectivity index (χ1n) is 5.49. The van der Waals surface area contributed by atoms with Gasteiger partial charge in [0.1, 0.15) is 5.75 Å². The predicted molar refractivity (Wildman–Crippen MR) is 60.9 cm³/mol. The summed E-state index contributed by atoms with van der Waals surface area (Å²) in [7, 11) is 0. The van der Waals surface area contributed by atoms with Crippen LogP contribution in [-0.4, -0.2) is 19.3 Å². The zero-order chi connectivity index (χ0) is 11.4. The van der Waals surface area contributed by atoms with Crippen molar-refractivity contribution in [3.63, 3.8) is 0 Å². The van der Waals surface area contributed by atoms with Crippen LogP contribution in [0, 0.1) is 0 Å². The number of amides is 1. The molecular formula is C12H15NO3. The Bertz CT molecular complexity index is 390. The minimum Gasteiger partial charge on any atom is -0.493 e. The van der Waals surface area contributed by atoms with E-state index in [-0.39, 0.29) is 0 Å². The largest absolute Gasteiger partial charge is 0.493 e. The Balaban J connectivity index is 2.08. The van der Waals surface area contributed by atoms with E-state index in [1.165, 1.54) is 0 Å². The first-order chi connectivity index (χ1) is 7.79. The molecule has 86 valence electrons. The van der Waals surface area contributed by atoms with Crippen molar-refractivity contribution in [1.29, 1.82) is 0 Å². The Morgan fingerprint density at radius 3 is 3.25 bits per heavy atom. The molecule has 1 aromatic carbocycles. The summed E-state index contributed by atoms with van der Waals surface area (Å²) in [5.41, 5.74) is 1.89. The lowest BCUT2D eigenvalue weighted by Gasteiger charge is -2.17. The highest BCUT2D eigenvalue weighted by Gasteiger charge is 2.11. The van der Waals surface area contributed by atoms with Gasteiger partial charge in [0.05, 0.1) is 13.2 Å². The fourth-order valence-electron chi connectivity index (χ4n) is 1.72. The molecule has 0 bridgehead atoms. The lowest BCUT2D eigenvalue weighted by Crippen LogP contribution is -2.14. The van der Waals surface area contributed by atoms with Crippen LogP contribution in [0.5, 0.6) is 5.75 Å². The number of anilines is 1. The fraction of sp³-hybridized carbons (Fsp3) is 0.417. The third kappa shape index (κ3) is 2.45. The number of carbonyl (C=O) groups is 1. The Morgan fingerprint density at radius 2 is 2.44 bits per heavy atom. The number of rotatable bonds is 2. The van der Waals surface area contributed by atoms with E-state index >= 15 is 0 Å². The van der Waals surface area contributed by atoms with Crippen LogP contribution in [0.15, 0.2) is 18.2 Å². The molecule has 1 aliphatic heterocycles. The van der Waals surface area contributed by atoms with Crippen LogP contribution in [-0.2, 0) is 11.2 Å². The summed E-state index contributed by atoms with van der Waals surface area (Å²) >= 11 is 0. The average Bonchev–Trinajstić information content (AvgIpc) is 2.29. The molecule has 4 heteroatoms. The number of carbonyl (C=O) groups excluding carboxylic acids is 1. The first-order valence-corrected chi connectivity index (χ1v) is 5.49.